The summed E-state index contributed by atoms with van der Waals surface area (Å²) in [6.07, 6.45) is 0.286. The number of halogens is 1. The normalized spacial score (nSPS) is 13.5. The zero-order chi connectivity index (χ0) is 22.4. The summed E-state index contributed by atoms with van der Waals surface area (Å²) in [7, 11) is 1.22. The van der Waals surface area contributed by atoms with E-state index >= 15 is 0 Å². The van der Waals surface area contributed by atoms with Crippen molar-refractivity contribution >= 4 is 35.1 Å². The topological polar surface area (TPSA) is 99.5 Å². The molecule has 1 aliphatic heterocycles. The summed E-state index contributed by atoms with van der Waals surface area (Å²) >= 11 is 6.00. The van der Waals surface area contributed by atoms with Gasteiger partial charge in [0.2, 0.25) is 5.91 Å². The van der Waals surface area contributed by atoms with Gasteiger partial charge in [0, 0.05) is 23.4 Å². The Balaban J connectivity index is 1.84. The number of benzene rings is 2. The van der Waals surface area contributed by atoms with E-state index in [0.717, 1.165) is 5.56 Å². The first kappa shape index (κ1) is 22.3. The van der Waals surface area contributed by atoms with Crippen LogP contribution in [-0.2, 0) is 32.2 Å². The fraction of sp³-hybridized carbons (Fsp3) is 0.273. The molecule has 3 rings (SSSR count). The maximum absolute atomic E-state index is 13.2. The van der Waals surface area contributed by atoms with Gasteiger partial charge in [0.15, 0.2) is 0 Å². The summed E-state index contributed by atoms with van der Waals surface area (Å²) in [5, 5.41) is 16.0. The number of hydrazone groups is 1. The first-order chi connectivity index (χ1) is 14.9. The zero-order valence-corrected chi connectivity index (χ0v) is 17.7. The Bertz CT molecular complexity index is 1010. The van der Waals surface area contributed by atoms with E-state index in [1.165, 1.54) is 35.2 Å². The molecule has 0 bridgehead atoms. The van der Waals surface area contributed by atoms with Crippen molar-refractivity contribution in [3.8, 4) is 5.75 Å². The average molecular weight is 444 g/mol. The van der Waals surface area contributed by atoms with Crippen molar-refractivity contribution in [3.63, 3.8) is 0 Å². The molecule has 0 atom stereocenters. The van der Waals surface area contributed by atoms with E-state index in [2.05, 4.69) is 5.10 Å². The van der Waals surface area contributed by atoms with Gasteiger partial charge in [-0.2, -0.15) is 5.10 Å². The Hall–Kier alpha value is -3.39. The summed E-state index contributed by atoms with van der Waals surface area (Å²) in [4.78, 5) is 38.6. The average Bonchev–Trinajstić information content (AvgIpc) is 2.77. The predicted molar refractivity (Wildman–Crippen MR) is 114 cm³/mol. The largest absolute Gasteiger partial charge is 0.508 e. The number of hydrogen-bond acceptors (Lipinski definition) is 6. The molecule has 162 valence electrons. The Morgan fingerprint density at radius 1 is 1.19 bits per heavy atom. The van der Waals surface area contributed by atoms with E-state index in [1.54, 1.807) is 0 Å². The number of phenolic OH excluding ortho intramolecular Hbond substituents is 1. The molecule has 0 radical (unpaired) electrons. The molecular weight excluding hydrogens is 422 g/mol. The van der Waals surface area contributed by atoms with Crippen LogP contribution in [0.25, 0.3) is 0 Å². The van der Waals surface area contributed by atoms with Crippen LogP contribution in [0.2, 0.25) is 5.02 Å². The zero-order valence-electron chi connectivity index (χ0n) is 17.0. The summed E-state index contributed by atoms with van der Waals surface area (Å²) in [6, 6.07) is 13.8. The highest BCUT2D eigenvalue weighted by Crippen LogP contribution is 2.24. The van der Waals surface area contributed by atoms with E-state index in [4.69, 9.17) is 16.3 Å². The van der Waals surface area contributed by atoms with Gasteiger partial charge in [-0.3, -0.25) is 14.4 Å². The summed E-state index contributed by atoms with van der Waals surface area (Å²) in [5.74, 6) is -1.38. The van der Waals surface area contributed by atoms with Crippen molar-refractivity contribution < 1.29 is 24.2 Å². The summed E-state index contributed by atoms with van der Waals surface area (Å²) in [5.41, 5.74) is 1.41. The Kier molecular flexibility index (Phi) is 7.25. The molecule has 2 aromatic rings. The summed E-state index contributed by atoms with van der Waals surface area (Å²) in [6.45, 7) is -0.179. The highest BCUT2D eigenvalue weighted by molar-refractivity contribution is 6.39. The molecule has 2 aromatic carbocycles. The van der Waals surface area contributed by atoms with Gasteiger partial charge in [-0.25, -0.2) is 5.01 Å². The van der Waals surface area contributed by atoms with Gasteiger partial charge in [0.1, 0.15) is 18.0 Å². The lowest BCUT2D eigenvalue weighted by atomic mass is 10.1. The number of aromatic hydroxyl groups is 1. The number of amides is 2. The third kappa shape index (κ3) is 5.82. The van der Waals surface area contributed by atoms with Crippen LogP contribution in [0, 0.1) is 0 Å². The molecule has 0 aromatic heterocycles. The first-order valence-corrected chi connectivity index (χ1v) is 10.0. The molecule has 1 heterocycles. The Labute approximate surface area is 184 Å². The van der Waals surface area contributed by atoms with Crippen molar-refractivity contribution in [3.05, 3.63) is 64.7 Å². The SMILES string of the molecule is COC(=O)CN(Cc1cc(Cl)ccc1O)C(=O)C1=NN(Cc2ccccc2)C(=O)CC1. The second-order valence-electron chi connectivity index (χ2n) is 6.99. The molecule has 0 saturated carbocycles. The number of ether oxygens (including phenoxy) is 1. The molecule has 0 unspecified atom stereocenters. The lowest BCUT2D eigenvalue weighted by Gasteiger charge is -2.27. The minimum Gasteiger partial charge on any atom is -0.508 e. The molecule has 0 aliphatic carbocycles. The number of hydrogen-bond donors (Lipinski definition) is 1. The maximum atomic E-state index is 13.2. The number of phenols is 1. The van der Waals surface area contributed by atoms with Gasteiger partial charge in [0.05, 0.1) is 20.2 Å². The monoisotopic (exact) mass is 443 g/mol. The standard InChI is InChI=1S/C22H22ClN3O5/c1-31-21(29)14-25(13-16-11-17(23)7-9-19(16)27)22(30)18-8-10-20(28)26(24-18)12-15-5-3-2-4-6-15/h2-7,9,11,27H,8,10,12-14H2,1H3. The van der Waals surface area contributed by atoms with E-state index < -0.39 is 11.9 Å². The molecule has 8 nitrogen and oxygen atoms in total. The van der Waals surface area contributed by atoms with Crippen molar-refractivity contribution in [1.82, 2.24) is 9.91 Å². The quantitative estimate of drug-likeness (QED) is 0.663. The van der Waals surface area contributed by atoms with Crippen LogP contribution in [0.1, 0.15) is 24.0 Å². The van der Waals surface area contributed by atoms with E-state index in [-0.39, 0.29) is 49.8 Å². The van der Waals surface area contributed by atoms with E-state index in [9.17, 15) is 19.5 Å². The van der Waals surface area contributed by atoms with Crippen molar-refractivity contribution in [1.29, 1.82) is 0 Å². The van der Waals surface area contributed by atoms with Crippen LogP contribution in [-0.4, -0.2) is 52.2 Å². The molecule has 2 amide bonds. The van der Waals surface area contributed by atoms with Crippen LogP contribution in [0.3, 0.4) is 0 Å². The number of nitrogens with zero attached hydrogens (tertiary/aromatic N) is 3. The van der Waals surface area contributed by atoms with Crippen molar-refractivity contribution in [2.24, 2.45) is 5.10 Å². The second-order valence-corrected chi connectivity index (χ2v) is 7.43. The van der Waals surface area contributed by atoms with Crippen LogP contribution >= 0.6 is 11.6 Å². The van der Waals surface area contributed by atoms with Crippen molar-refractivity contribution in [2.75, 3.05) is 13.7 Å². The molecule has 1 aliphatic rings. The Morgan fingerprint density at radius 3 is 2.65 bits per heavy atom. The molecule has 9 heteroatoms. The van der Waals surface area contributed by atoms with E-state index in [1.807, 2.05) is 30.3 Å². The van der Waals surface area contributed by atoms with Gasteiger partial charge in [-0.1, -0.05) is 41.9 Å². The molecule has 0 saturated heterocycles. The number of methoxy groups -OCH3 is 1. The molecular formula is C22H22ClN3O5. The van der Waals surface area contributed by atoms with Gasteiger partial charge < -0.3 is 14.7 Å². The van der Waals surface area contributed by atoms with Crippen LogP contribution in [0.15, 0.2) is 53.6 Å². The highest BCUT2D eigenvalue weighted by atomic mass is 35.5. The van der Waals surface area contributed by atoms with Crippen LogP contribution < -0.4 is 0 Å². The summed E-state index contributed by atoms with van der Waals surface area (Å²) < 4.78 is 4.70. The van der Waals surface area contributed by atoms with Gasteiger partial charge in [-0.05, 0) is 23.8 Å². The van der Waals surface area contributed by atoms with E-state index in [0.29, 0.717) is 10.6 Å². The minimum absolute atomic E-state index is 0.0569. The van der Waals surface area contributed by atoms with Gasteiger partial charge in [-0.15, -0.1) is 0 Å². The van der Waals surface area contributed by atoms with Gasteiger partial charge >= 0.3 is 5.97 Å². The fourth-order valence-electron chi connectivity index (χ4n) is 3.12. The number of rotatable bonds is 7. The first-order valence-electron chi connectivity index (χ1n) is 9.62. The molecule has 1 N–H and O–H groups in total. The van der Waals surface area contributed by atoms with Crippen LogP contribution in [0.4, 0.5) is 0 Å². The minimum atomic E-state index is -0.622. The molecule has 31 heavy (non-hydrogen) atoms. The molecule has 0 fully saturated rings. The number of carbonyl (C=O) groups excluding carboxylic acids is 3. The number of esters is 1. The third-order valence-electron chi connectivity index (χ3n) is 4.76. The number of carbonyl (C=O) groups is 3. The lowest BCUT2D eigenvalue weighted by molar-refractivity contribution is -0.145. The molecule has 0 spiro atoms. The van der Waals surface area contributed by atoms with Gasteiger partial charge in [0.25, 0.3) is 5.91 Å². The van der Waals surface area contributed by atoms with Crippen LogP contribution in [0.5, 0.6) is 5.75 Å². The Morgan fingerprint density at radius 2 is 1.94 bits per heavy atom. The van der Waals surface area contributed by atoms with Crippen molar-refractivity contribution in [2.45, 2.75) is 25.9 Å². The predicted octanol–water partition coefficient (Wildman–Crippen LogP) is 2.73. The maximum Gasteiger partial charge on any atom is 0.325 e. The fourth-order valence-corrected chi connectivity index (χ4v) is 3.32. The highest BCUT2D eigenvalue weighted by Gasteiger charge is 2.29. The lowest BCUT2D eigenvalue weighted by Crippen LogP contribution is -2.43. The second kappa shape index (κ2) is 10.1. The smallest absolute Gasteiger partial charge is 0.325 e. The third-order valence-corrected chi connectivity index (χ3v) is 5.00.